The van der Waals surface area contributed by atoms with Crippen LogP contribution in [0, 0.1) is 5.92 Å². The van der Waals surface area contributed by atoms with Crippen LogP contribution in [-0.2, 0) is 0 Å². The summed E-state index contributed by atoms with van der Waals surface area (Å²) in [7, 11) is 0. The van der Waals surface area contributed by atoms with Crippen molar-refractivity contribution < 1.29 is 14.3 Å². The predicted octanol–water partition coefficient (Wildman–Crippen LogP) is 2.64. The second-order valence-electron chi connectivity index (χ2n) is 4.99. The molecule has 102 valence electrons. The van der Waals surface area contributed by atoms with Crippen LogP contribution in [0.15, 0.2) is 12.1 Å². The zero-order valence-corrected chi connectivity index (χ0v) is 11.3. The average Bonchev–Trinajstić information content (AvgIpc) is 2.36. The molecule has 1 fully saturated rings. The first-order chi connectivity index (χ1) is 9.24. The van der Waals surface area contributed by atoms with Gasteiger partial charge in [-0.25, -0.2) is 0 Å². The first-order valence-corrected chi connectivity index (χ1v) is 6.99. The van der Waals surface area contributed by atoms with Gasteiger partial charge in [0.15, 0.2) is 11.5 Å². The Morgan fingerprint density at radius 2 is 2.11 bits per heavy atom. The van der Waals surface area contributed by atoms with Crippen LogP contribution >= 0.6 is 11.6 Å². The average molecular weight is 282 g/mol. The number of nitrogens with one attached hydrogen (secondary N) is 1. The number of rotatable bonds is 3. The SMILES string of the molecule is O=C(NCC1CCC1)c1cc(Cl)c2c(c1)OCCO2. The van der Waals surface area contributed by atoms with Crippen molar-refractivity contribution in [2.24, 2.45) is 5.92 Å². The molecule has 3 rings (SSSR count). The van der Waals surface area contributed by atoms with Gasteiger partial charge in [0, 0.05) is 12.1 Å². The summed E-state index contributed by atoms with van der Waals surface area (Å²) in [5.74, 6) is 1.61. The molecule has 0 aromatic heterocycles. The van der Waals surface area contributed by atoms with Crippen LogP contribution in [0.3, 0.4) is 0 Å². The van der Waals surface area contributed by atoms with Gasteiger partial charge in [0.25, 0.3) is 5.91 Å². The van der Waals surface area contributed by atoms with Gasteiger partial charge >= 0.3 is 0 Å². The van der Waals surface area contributed by atoms with Gasteiger partial charge in [-0.3, -0.25) is 4.79 Å². The molecule has 1 amide bonds. The highest BCUT2D eigenvalue weighted by Gasteiger charge is 2.21. The van der Waals surface area contributed by atoms with E-state index in [4.69, 9.17) is 21.1 Å². The first-order valence-electron chi connectivity index (χ1n) is 6.61. The third kappa shape index (κ3) is 2.63. The molecule has 1 aliphatic heterocycles. The number of amides is 1. The topological polar surface area (TPSA) is 47.6 Å². The summed E-state index contributed by atoms with van der Waals surface area (Å²) in [6, 6.07) is 3.32. The molecule has 1 aromatic carbocycles. The minimum atomic E-state index is -0.106. The van der Waals surface area contributed by atoms with Gasteiger partial charge < -0.3 is 14.8 Å². The number of fused-ring (bicyclic) bond motifs is 1. The van der Waals surface area contributed by atoms with Crippen molar-refractivity contribution >= 4 is 17.5 Å². The third-order valence-corrected chi connectivity index (χ3v) is 3.92. The summed E-state index contributed by atoms with van der Waals surface area (Å²) in [6.07, 6.45) is 3.70. The molecule has 2 aliphatic rings. The van der Waals surface area contributed by atoms with E-state index in [-0.39, 0.29) is 5.91 Å². The van der Waals surface area contributed by atoms with Crippen molar-refractivity contribution in [2.45, 2.75) is 19.3 Å². The first kappa shape index (κ1) is 12.6. The van der Waals surface area contributed by atoms with E-state index in [9.17, 15) is 4.79 Å². The van der Waals surface area contributed by atoms with Crippen molar-refractivity contribution in [3.63, 3.8) is 0 Å². The molecule has 0 atom stereocenters. The van der Waals surface area contributed by atoms with Gasteiger partial charge in [-0.05, 0) is 30.9 Å². The minimum absolute atomic E-state index is 0.106. The maximum atomic E-state index is 12.1. The Hall–Kier alpha value is -1.42. The lowest BCUT2D eigenvalue weighted by atomic mass is 9.85. The maximum Gasteiger partial charge on any atom is 0.251 e. The molecular weight excluding hydrogens is 266 g/mol. The lowest BCUT2D eigenvalue weighted by Crippen LogP contribution is -2.32. The monoisotopic (exact) mass is 281 g/mol. The van der Waals surface area contributed by atoms with Gasteiger partial charge in [-0.2, -0.15) is 0 Å². The molecule has 1 saturated carbocycles. The van der Waals surface area contributed by atoms with E-state index in [1.807, 2.05) is 0 Å². The Labute approximate surface area is 117 Å². The van der Waals surface area contributed by atoms with Crippen LogP contribution in [0.2, 0.25) is 5.02 Å². The Balaban J connectivity index is 1.72. The Kier molecular flexibility index (Phi) is 3.51. The van der Waals surface area contributed by atoms with Crippen molar-refractivity contribution in [1.82, 2.24) is 5.32 Å². The lowest BCUT2D eigenvalue weighted by Gasteiger charge is -2.25. The second kappa shape index (κ2) is 5.29. The molecule has 0 unspecified atom stereocenters. The largest absolute Gasteiger partial charge is 0.486 e. The summed E-state index contributed by atoms with van der Waals surface area (Å²) in [6.45, 7) is 1.71. The molecule has 1 N–H and O–H groups in total. The number of carbonyl (C=O) groups is 1. The fraction of sp³-hybridized carbons (Fsp3) is 0.500. The van der Waals surface area contributed by atoms with E-state index in [0.717, 1.165) is 6.54 Å². The Bertz CT molecular complexity index is 500. The molecule has 0 radical (unpaired) electrons. The molecule has 1 heterocycles. The number of carbonyl (C=O) groups excluding carboxylic acids is 1. The molecule has 0 spiro atoms. The summed E-state index contributed by atoms with van der Waals surface area (Å²) < 4.78 is 10.9. The van der Waals surface area contributed by atoms with Crippen LogP contribution in [-0.4, -0.2) is 25.7 Å². The lowest BCUT2D eigenvalue weighted by molar-refractivity contribution is 0.0938. The molecule has 1 aromatic rings. The number of hydrogen-bond acceptors (Lipinski definition) is 3. The third-order valence-electron chi connectivity index (χ3n) is 3.64. The minimum Gasteiger partial charge on any atom is -0.486 e. The van der Waals surface area contributed by atoms with Crippen molar-refractivity contribution in [2.75, 3.05) is 19.8 Å². The van der Waals surface area contributed by atoms with Crippen molar-refractivity contribution in [3.05, 3.63) is 22.7 Å². The highest BCUT2D eigenvalue weighted by molar-refractivity contribution is 6.32. The summed E-state index contributed by atoms with van der Waals surface area (Å²) >= 11 is 6.11. The van der Waals surface area contributed by atoms with Crippen molar-refractivity contribution in [1.29, 1.82) is 0 Å². The van der Waals surface area contributed by atoms with Crippen LogP contribution in [0.1, 0.15) is 29.6 Å². The molecule has 19 heavy (non-hydrogen) atoms. The van der Waals surface area contributed by atoms with Gasteiger partial charge in [-0.1, -0.05) is 18.0 Å². The smallest absolute Gasteiger partial charge is 0.251 e. The van der Waals surface area contributed by atoms with E-state index >= 15 is 0 Å². The molecule has 0 saturated heterocycles. The van der Waals surface area contributed by atoms with E-state index in [0.29, 0.717) is 41.2 Å². The fourth-order valence-corrected chi connectivity index (χ4v) is 2.54. The van der Waals surface area contributed by atoms with Gasteiger partial charge in [0.2, 0.25) is 0 Å². The van der Waals surface area contributed by atoms with E-state index in [1.54, 1.807) is 12.1 Å². The summed E-state index contributed by atoms with van der Waals surface area (Å²) in [4.78, 5) is 12.1. The molecule has 0 bridgehead atoms. The molecule has 1 aliphatic carbocycles. The van der Waals surface area contributed by atoms with Crippen LogP contribution in [0.5, 0.6) is 11.5 Å². The zero-order chi connectivity index (χ0) is 13.2. The highest BCUT2D eigenvalue weighted by Crippen LogP contribution is 2.38. The Morgan fingerprint density at radius 1 is 1.32 bits per heavy atom. The summed E-state index contributed by atoms with van der Waals surface area (Å²) in [5, 5.41) is 3.36. The van der Waals surface area contributed by atoms with Crippen molar-refractivity contribution in [3.8, 4) is 11.5 Å². The predicted molar refractivity (Wildman–Crippen MR) is 72.1 cm³/mol. The highest BCUT2D eigenvalue weighted by atomic mass is 35.5. The number of benzene rings is 1. The van der Waals surface area contributed by atoms with E-state index < -0.39 is 0 Å². The Morgan fingerprint density at radius 3 is 2.84 bits per heavy atom. The molecule has 5 heteroatoms. The van der Waals surface area contributed by atoms with Crippen LogP contribution in [0.4, 0.5) is 0 Å². The van der Waals surface area contributed by atoms with Crippen LogP contribution < -0.4 is 14.8 Å². The number of halogens is 1. The maximum absolute atomic E-state index is 12.1. The van der Waals surface area contributed by atoms with Gasteiger partial charge in [-0.15, -0.1) is 0 Å². The summed E-state index contributed by atoms with van der Waals surface area (Å²) in [5.41, 5.74) is 0.522. The number of ether oxygens (including phenoxy) is 2. The van der Waals surface area contributed by atoms with Crippen LogP contribution in [0.25, 0.3) is 0 Å². The van der Waals surface area contributed by atoms with Gasteiger partial charge in [0.1, 0.15) is 13.2 Å². The normalized spacial score (nSPS) is 17.7. The van der Waals surface area contributed by atoms with E-state index in [2.05, 4.69) is 5.32 Å². The second-order valence-corrected chi connectivity index (χ2v) is 5.40. The quantitative estimate of drug-likeness (QED) is 0.926. The zero-order valence-electron chi connectivity index (χ0n) is 10.6. The fourth-order valence-electron chi connectivity index (χ4n) is 2.28. The molecular formula is C14H16ClNO3. The van der Waals surface area contributed by atoms with Gasteiger partial charge in [0.05, 0.1) is 5.02 Å². The standard InChI is InChI=1S/C14H16ClNO3/c15-11-6-10(7-12-13(11)19-5-4-18-12)14(17)16-8-9-2-1-3-9/h6-7,9H,1-5,8H2,(H,16,17). The van der Waals surface area contributed by atoms with E-state index in [1.165, 1.54) is 19.3 Å². The molecule has 4 nitrogen and oxygen atoms in total. The number of hydrogen-bond donors (Lipinski definition) is 1.